The fraction of sp³-hybridized carbons (Fsp3) is 0.143. The highest BCUT2D eigenvalue weighted by Crippen LogP contribution is 2.26. The van der Waals surface area contributed by atoms with Crippen molar-refractivity contribution in [3.05, 3.63) is 24.3 Å². The molecule has 3 heteroatoms. The van der Waals surface area contributed by atoms with E-state index in [0.717, 1.165) is 11.5 Å². The summed E-state index contributed by atoms with van der Waals surface area (Å²) < 4.78 is 5.19. The number of nitrogens with one attached hydrogen (secondary N) is 1. The first-order valence-corrected chi connectivity index (χ1v) is 3.08. The summed E-state index contributed by atoms with van der Waals surface area (Å²) in [6.07, 6.45) is 0. The zero-order chi connectivity index (χ0) is 6.81. The first-order chi connectivity index (χ1) is 4.97. The molecule has 1 N–H and O–H groups in total. The minimum Gasteiger partial charge on any atom is -0.471 e. The number of ether oxygens (including phenoxy) is 1. The van der Waals surface area contributed by atoms with Gasteiger partial charge in [-0.25, -0.2) is 0 Å². The Kier molecular flexibility index (Phi) is 1.22. The second-order valence-electron chi connectivity index (χ2n) is 1.98. The summed E-state index contributed by atoms with van der Waals surface area (Å²) in [6.45, 7) is 0.414. The Labute approximate surface area is 58.5 Å². The van der Waals surface area contributed by atoms with Crippen LogP contribution in [-0.4, -0.2) is 6.73 Å². The first kappa shape index (κ1) is 5.56. The zero-order valence-electron chi connectivity index (χ0n) is 5.33. The molecule has 10 heavy (non-hydrogen) atoms. The van der Waals surface area contributed by atoms with Crippen LogP contribution in [0.2, 0.25) is 0 Å². The second-order valence-corrected chi connectivity index (χ2v) is 1.98. The first-order valence-electron chi connectivity index (χ1n) is 3.08. The van der Waals surface area contributed by atoms with Crippen LogP contribution in [-0.2, 0) is 0 Å². The van der Waals surface area contributed by atoms with Crippen molar-refractivity contribution >= 4 is 0 Å². The van der Waals surface area contributed by atoms with E-state index in [4.69, 9.17) is 9.57 Å². The maximum atomic E-state index is 5.19. The van der Waals surface area contributed by atoms with E-state index in [1.165, 1.54) is 0 Å². The molecule has 0 fully saturated rings. The maximum Gasteiger partial charge on any atom is 0.189 e. The molecule has 0 amide bonds. The smallest absolute Gasteiger partial charge is 0.189 e. The van der Waals surface area contributed by atoms with Crippen LogP contribution in [0.5, 0.6) is 11.5 Å². The van der Waals surface area contributed by atoms with Crippen molar-refractivity contribution in [3.63, 3.8) is 0 Å². The van der Waals surface area contributed by atoms with Crippen molar-refractivity contribution in [1.29, 1.82) is 0 Å². The van der Waals surface area contributed by atoms with Crippen molar-refractivity contribution in [3.8, 4) is 11.5 Å². The van der Waals surface area contributed by atoms with Crippen molar-refractivity contribution in [2.45, 2.75) is 0 Å². The predicted molar refractivity (Wildman–Crippen MR) is 35.7 cm³/mol. The molecule has 1 aromatic carbocycles. The number of para-hydroxylation sites is 2. The van der Waals surface area contributed by atoms with Crippen LogP contribution < -0.4 is 15.1 Å². The van der Waals surface area contributed by atoms with E-state index in [9.17, 15) is 0 Å². The quantitative estimate of drug-likeness (QED) is 0.576. The van der Waals surface area contributed by atoms with Crippen LogP contribution in [0.15, 0.2) is 24.3 Å². The summed E-state index contributed by atoms with van der Waals surface area (Å²) in [5.41, 5.74) is 2.62. The molecule has 0 radical (unpaired) electrons. The molecular formula is C7H7NO2. The molecule has 52 valence electrons. The highest BCUT2D eigenvalue weighted by atomic mass is 16.7. The minimum atomic E-state index is 0.414. The van der Waals surface area contributed by atoms with E-state index in [1.807, 2.05) is 24.3 Å². The number of fused-ring (bicyclic) bond motifs is 1. The third-order valence-electron chi connectivity index (χ3n) is 1.32. The van der Waals surface area contributed by atoms with Gasteiger partial charge in [-0.05, 0) is 12.1 Å². The summed E-state index contributed by atoms with van der Waals surface area (Å²) in [5, 5.41) is 0. The van der Waals surface area contributed by atoms with Gasteiger partial charge in [0.1, 0.15) is 0 Å². The average molecular weight is 137 g/mol. The molecule has 3 nitrogen and oxygen atoms in total. The van der Waals surface area contributed by atoms with Gasteiger partial charge in [-0.15, -0.1) is 5.48 Å². The Bertz CT molecular complexity index is 212. The van der Waals surface area contributed by atoms with Crippen molar-refractivity contribution < 1.29 is 9.57 Å². The van der Waals surface area contributed by atoms with Crippen LogP contribution in [0.1, 0.15) is 0 Å². The van der Waals surface area contributed by atoms with E-state index < -0.39 is 0 Å². The van der Waals surface area contributed by atoms with Crippen LogP contribution >= 0.6 is 0 Å². The van der Waals surface area contributed by atoms with Gasteiger partial charge in [0.15, 0.2) is 18.2 Å². The summed E-state index contributed by atoms with van der Waals surface area (Å²) in [6, 6.07) is 7.53. The number of rotatable bonds is 0. The predicted octanol–water partition coefficient (Wildman–Crippen LogP) is 0.920. The third kappa shape index (κ3) is 0.804. The molecule has 0 aliphatic carbocycles. The lowest BCUT2D eigenvalue weighted by Gasteiger charge is -2.17. The molecule has 1 aliphatic rings. The van der Waals surface area contributed by atoms with Crippen LogP contribution in [0.3, 0.4) is 0 Å². The van der Waals surface area contributed by atoms with Crippen molar-refractivity contribution in [2.75, 3.05) is 6.73 Å². The molecule has 0 atom stereocenters. The van der Waals surface area contributed by atoms with E-state index in [2.05, 4.69) is 5.48 Å². The van der Waals surface area contributed by atoms with Crippen molar-refractivity contribution in [2.24, 2.45) is 0 Å². The molecule has 0 saturated heterocycles. The number of hydrogen-bond acceptors (Lipinski definition) is 3. The standard InChI is InChI=1S/C7H7NO2/c1-2-4-7-6(3-1)9-5-8-10-7/h1-4,8H,5H2. The Hall–Kier alpha value is -1.22. The molecule has 0 saturated carbocycles. The van der Waals surface area contributed by atoms with E-state index >= 15 is 0 Å². The maximum absolute atomic E-state index is 5.19. The van der Waals surface area contributed by atoms with Gasteiger partial charge in [0.2, 0.25) is 0 Å². The molecule has 0 spiro atoms. The van der Waals surface area contributed by atoms with Gasteiger partial charge in [0.05, 0.1) is 0 Å². The van der Waals surface area contributed by atoms with Crippen LogP contribution in [0.25, 0.3) is 0 Å². The van der Waals surface area contributed by atoms with Crippen LogP contribution in [0.4, 0.5) is 0 Å². The lowest BCUT2D eigenvalue weighted by atomic mass is 10.3. The van der Waals surface area contributed by atoms with E-state index in [-0.39, 0.29) is 0 Å². The Balaban J connectivity index is 2.41. The largest absolute Gasteiger partial charge is 0.471 e. The van der Waals surface area contributed by atoms with E-state index in [0.29, 0.717) is 6.73 Å². The SMILES string of the molecule is c1ccc2c(c1)OCNO2. The minimum absolute atomic E-state index is 0.414. The second kappa shape index (κ2) is 2.19. The molecule has 1 heterocycles. The summed E-state index contributed by atoms with van der Waals surface area (Å²) in [5.74, 6) is 1.54. The Morgan fingerprint density at radius 1 is 1.20 bits per heavy atom. The van der Waals surface area contributed by atoms with Gasteiger partial charge in [0, 0.05) is 0 Å². The molecule has 1 aliphatic heterocycles. The fourth-order valence-corrected chi connectivity index (χ4v) is 0.868. The lowest BCUT2D eigenvalue weighted by molar-refractivity contribution is 0.0767. The summed E-state index contributed by atoms with van der Waals surface area (Å²) >= 11 is 0. The lowest BCUT2D eigenvalue weighted by Crippen LogP contribution is -2.28. The average Bonchev–Trinajstić information content (AvgIpc) is 2.05. The highest BCUT2D eigenvalue weighted by molar-refractivity contribution is 5.39. The third-order valence-corrected chi connectivity index (χ3v) is 1.32. The molecule has 0 unspecified atom stereocenters. The van der Waals surface area contributed by atoms with E-state index in [1.54, 1.807) is 0 Å². The molecule has 0 aromatic heterocycles. The van der Waals surface area contributed by atoms with Gasteiger partial charge in [0.25, 0.3) is 0 Å². The molecule has 2 rings (SSSR count). The van der Waals surface area contributed by atoms with Crippen LogP contribution in [0, 0.1) is 0 Å². The van der Waals surface area contributed by atoms with Gasteiger partial charge in [-0.1, -0.05) is 12.1 Å². The number of hydrogen-bond donors (Lipinski definition) is 1. The zero-order valence-corrected chi connectivity index (χ0v) is 5.33. The monoisotopic (exact) mass is 137 g/mol. The Morgan fingerprint density at radius 3 is 2.80 bits per heavy atom. The summed E-state index contributed by atoms with van der Waals surface area (Å²) in [4.78, 5) is 5.05. The van der Waals surface area contributed by atoms with Gasteiger partial charge in [-0.2, -0.15) is 0 Å². The van der Waals surface area contributed by atoms with Crippen molar-refractivity contribution in [1.82, 2.24) is 5.48 Å². The number of hydroxylamine groups is 1. The van der Waals surface area contributed by atoms with Gasteiger partial charge < -0.3 is 9.57 Å². The number of benzene rings is 1. The highest BCUT2D eigenvalue weighted by Gasteiger charge is 2.07. The van der Waals surface area contributed by atoms with Gasteiger partial charge >= 0.3 is 0 Å². The molecule has 1 aromatic rings. The topological polar surface area (TPSA) is 30.5 Å². The molecule has 0 bridgehead atoms. The molecular weight excluding hydrogens is 130 g/mol. The Morgan fingerprint density at radius 2 is 2.00 bits per heavy atom. The fourth-order valence-electron chi connectivity index (χ4n) is 0.868. The van der Waals surface area contributed by atoms with Gasteiger partial charge in [-0.3, -0.25) is 0 Å². The normalized spacial score (nSPS) is 14.8. The summed E-state index contributed by atoms with van der Waals surface area (Å²) in [7, 11) is 0.